The van der Waals surface area contributed by atoms with E-state index in [0.717, 1.165) is 10.6 Å². The number of allylic oxidation sites excluding steroid dienone is 2. The van der Waals surface area contributed by atoms with Crippen molar-refractivity contribution in [3.63, 3.8) is 0 Å². The summed E-state index contributed by atoms with van der Waals surface area (Å²) in [5.41, 5.74) is 1.59. The fraction of sp³-hybridized carbons (Fsp3) is 0.125. The zero-order valence-corrected chi connectivity index (χ0v) is 10.1. The van der Waals surface area contributed by atoms with Crippen molar-refractivity contribution in [2.45, 2.75) is 3.26 Å². The third-order valence-corrected chi connectivity index (χ3v) is 4.02. The molecule has 0 N–H and O–H groups in total. The Morgan fingerprint density at radius 1 is 1.69 bits per heavy atom. The molecule has 2 aliphatic rings. The summed E-state index contributed by atoms with van der Waals surface area (Å²) >= 11 is 9.97. The van der Waals surface area contributed by atoms with E-state index in [1.165, 1.54) is 4.42 Å². The van der Waals surface area contributed by atoms with Crippen LogP contribution in [0, 0.1) is 11.3 Å². The van der Waals surface area contributed by atoms with E-state index in [-0.39, 0.29) is 0 Å². The summed E-state index contributed by atoms with van der Waals surface area (Å²) in [5, 5.41) is 8.72. The standard InChI is InChI=1S/C8H4ClIN2S/c9-12-4-5(3-11)1-7-6(12)2-8(10)13-7/h1-2,4,8H. The van der Waals surface area contributed by atoms with Crippen molar-refractivity contribution < 1.29 is 0 Å². The van der Waals surface area contributed by atoms with Crippen LogP contribution in [0.15, 0.2) is 34.5 Å². The van der Waals surface area contributed by atoms with Crippen molar-refractivity contribution in [3.8, 4) is 6.07 Å². The van der Waals surface area contributed by atoms with Gasteiger partial charge in [0.25, 0.3) is 0 Å². The number of hydrogen-bond donors (Lipinski definition) is 0. The second-order valence-corrected chi connectivity index (χ2v) is 6.27. The average Bonchev–Trinajstić information content (AvgIpc) is 2.46. The minimum Gasteiger partial charge on any atom is -0.259 e. The van der Waals surface area contributed by atoms with Crippen LogP contribution in [0.1, 0.15) is 0 Å². The van der Waals surface area contributed by atoms with Crippen LogP contribution >= 0.6 is 46.1 Å². The van der Waals surface area contributed by atoms with Gasteiger partial charge in [0.15, 0.2) is 0 Å². The third-order valence-electron chi connectivity index (χ3n) is 1.68. The van der Waals surface area contributed by atoms with E-state index >= 15 is 0 Å². The Bertz CT molecular complexity index is 380. The Balaban J connectivity index is 2.40. The number of nitrogens with zero attached hydrogens (tertiary/aromatic N) is 2. The van der Waals surface area contributed by atoms with Gasteiger partial charge in [-0.3, -0.25) is 4.42 Å². The summed E-state index contributed by atoms with van der Waals surface area (Å²) in [7, 11) is 0. The number of alkyl halides is 1. The molecule has 0 aromatic heterocycles. The Labute approximate surface area is 99.2 Å². The quantitative estimate of drug-likeness (QED) is 0.389. The molecule has 0 radical (unpaired) electrons. The molecule has 0 aromatic carbocycles. The van der Waals surface area contributed by atoms with Gasteiger partial charge in [-0.15, -0.1) is 11.8 Å². The number of nitriles is 1. The molecule has 0 fully saturated rings. The first-order valence-electron chi connectivity index (χ1n) is 3.52. The maximum Gasteiger partial charge on any atom is 0.101 e. The van der Waals surface area contributed by atoms with E-state index in [0.29, 0.717) is 8.83 Å². The highest BCUT2D eigenvalue weighted by molar-refractivity contribution is 14.1. The minimum absolute atomic E-state index is 0.409. The van der Waals surface area contributed by atoms with E-state index in [1.54, 1.807) is 18.0 Å². The van der Waals surface area contributed by atoms with Crippen molar-refractivity contribution in [2.24, 2.45) is 0 Å². The van der Waals surface area contributed by atoms with Crippen molar-refractivity contribution in [1.82, 2.24) is 4.42 Å². The fourth-order valence-corrected chi connectivity index (χ4v) is 3.52. The van der Waals surface area contributed by atoms with Gasteiger partial charge in [0.05, 0.1) is 14.5 Å². The molecule has 5 heteroatoms. The molecule has 0 aromatic rings. The highest BCUT2D eigenvalue weighted by atomic mass is 127. The van der Waals surface area contributed by atoms with Crippen LogP contribution in [0.25, 0.3) is 0 Å². The molecule has 0 saturated heterocycles. The smallest absolute Gasteiger partial charge is 0.101 e. The van der Waals surface area contributed by atoms with E-state index in [4.69, 9.17) is 17.0 Å². The number of fused-ring (bicyclic) bond motifs is 1. The Kier molecular flexibility index (Phi) is 2.58. The topological polar surface area (TPSA) is 27.0 Å². The molecule has 0 amide bonds. The number of thioether (sulfide) groups is 1. The highest BCUT2D eigenvalue weighted by Gasteiger charge is 2.25. The lowest BCUT2D eigenvalue weighted by molar-refractivity contribution is 0.760. The Hall–Kier alpha value is -0.120. The molecule has 0 bridgehead atoms. The average molecular weight is 323 g/mol. The van der Waals surface area contributed by atoms with E-state index in [1.807, 2.05) is 6.08 Å². The molecule has 13 heavy (non-hydrogen) atoms. The van der Waals surface area contributed by atoms with Crippen molar-refractivity contribution in [3.05, 3.63) is 34.5 Å². The molecule has 2 rings (SSSR count). The van der Waals surface area contributed by atoms with Crippen LogP contribution in [0.5, 0.6) is 0 Å². The normalized spacial score (nSPS) is 25.8. The van der Waals surface area contributed by atoms with Gasteiger partial charge < -0.3 is 0 Å². The molecule has 1 atom stereocenters. The van der Waals surface area contributed by atoms with E-state index < -0.39 is 0 Å². The lowest BCUT2D eigenvalue weighted by Gasteiger charge is -2.17. The molecule has 66 valence electrons. The summed E-state index contributed by atoms with van der Waals surface area (Å²) in [6.07, 6.45) is 5.58. The summed E-state index contributed by atoms with van der Waals surface area (Å²) in [6.45, 7) is 0. The van der Waals surface area contributed by atoms with E-state index in [2.05, 4.69) is 34.7 Å². The van der Waals surface area contributed by atoms with Gasteiger partial charge in [0, 0.05) is 22.9 Å². The predicted octanol–water partition coefficient (Wildman–Crippen LogP) is 3.14. The second-order valence-electron chi connectivity index (χ2n) is 2.54. The minimum atomic E-state index is 0.409. The summed E-state index contributed by atoms with van der Waals surface area (Å²) in [6, 6.07) is 2.08. The summed E-state index contributed by atoms with van der Waals surface area (Å²) in [5.74, 6) is 0. The first-order chi connectivity index (χ1) is 6.20. The van der Waals surface area contributed by atoms with Gasteiger partial charge in [-0.2, -0.15) is 5.26 Å². The zero-order valence-electron chi connectivity index (χ0n) is 6.37. The van der Waals surface area contributed by atoms with Gasteiger partial charge >= 0.3 is 0 Å². The van der Waals surface area contributed by atoms with Gasteiger partial charge in [-0.05, 0) is 12.2 Å². The molecule has 2 heterocycles. The SMILES string of the molecule is N#CC1=CN(Cl)C2=CC(I)SC2=C1. The van der Waals surface area contributed by atoms with Crippen LogP contribution in [0.4, 0.5) is 0 Å². The molecule has 0 saturated carbocycles. The molecule has 1 unspecified atom stereocenters. The molecule has 0 spiro atoms. The summed E-state index contributed by atoms with van der Waals surface area (Å²) < 4.78 is 1.89. The number of hydrogen-bond acceptors (Lipinski definition) is 3. The Morgan fingerprint density at radius 3 is 3.15 bits per heavy atom. The maximum atomic E-state index is 8.72. The molecule has 2 aliphatic heterocycles. The lowest BCUT2D eigenvalue weighted by atomic mass is 10.2. The zero-order chi connectivity index (χ0) is 9.42. The molecule has 0 aliphatic carbocycles. The van der Waals surface area contributed by atoms with Crippen LogP contribution in [0.2, 0.25) is 0 Å². The number of rotatable bonds is 0. The van der Waals surface area contributed by atoms with Crippen molar-refractivity contribution in [1.29, 1.82) is 5.26 Å². The lowest BCUT2D eigenvalue weighted by Crippen LogP contribution is -2.07. The van der Waals surface area contributed by atoms with Crippen molar-refractivity contribution >= 4 is 46.1 Å². The molecular formula is C8H4ClIN2S. The maximum absolute atomic E-state index is 8.72. The van der Waals surface area contributed by atoms with Crippen LogP contribution < -0.4 is 0 Å². The second kappa shape index (κ2) is 3.56. The van der Waals surface area contributed by atoms with Gasteiger partial charge in [-0.1, -0.05) is 22.6 Å². The van der Waals surface area contributed by atoms with Crippen LogP contribution in [0.3, 0.4) is 0 Å². The van der Waals surface area contributed by atoms with Gasteiger partial charge in [0.2, 0.25) is 0 Å². The third kappa shape index (κ3) is 1.73. The Morgan fingerprint density at radius 2 is 2.46 bits per heavy atom. The number of halogens is 2. The largest absolute Gasteiger partial charge is 0.259 e. The van der Waals surface area contributed by atoms with Gasteiger partial charge in [-0.25, -0.2) is 0 Å². The summed E-state index contributed by atoms with van der Waals surface area (Å²) in [4.78, 5) is 1.08. The van der Waals surface area contributed by atoms with Crippen LogP contribution in [-0.4, -0.2) is 7.68 Å². The molecule has 2 nitrogen and oxygen atoms in total. The first-order valence-corrected chi connectivity index (χ1v) is 5.98. The predicted molar refractivity (Wildman–Crippen MR) is 63.0 cm³/mol. The molecular weight excluding hydrogens is 319 g/mol. The fourth-order valence-electron chi connectivity index (χ4n) is 1.14. The monoisotopic (exact) mass is 322 g/mol. The van der Waals surface area contributed by atoms with Gasteiger partial charge in [0.1, 0.15) is 6.07 Å². The first kappa shape index (κ1) is 9.44. The van der Waals surface area contributed by atoms with Crippen molar-refractivity contribution in [2.75, 3.05) is 0 Å². The van der Waals surface area contributed by atoms with Crippen LogP contribution in [-0.2, 0) is 0 Å². The van der Waals surface area contributed by atoms with E-state index in [9.17, 15) is 0 Å². The highest BCUT2D eigenvalue weighted by Crippen LogP contribution is 2.44.